The quantitative estimate of drug-likeness (QED) is 0.406. The van der Waals surface area contributed by atoms with Crippen molar-refractivity contribution in [2.24, 2.45) is 0 Å². The van der Waals surface area contributed by atoms with Gasteiger partial charge in [0.1, 0.15) is 17.3 Å². The van der Waals surface area contributed by atoms with Crippen molar-refractivity contribution >= 4 is 17.4 Å². The van der Waals surface area contributed by atoms with Crippen LogP contribution in [-0.4, -0.2) is 47.0 Å². The lowest BCUT2D eigenvalue weighted by Gasteiger charge is -2.36. The Morgan fingerprint density at radius 2 is 1.76 bits per heavy atom. The fraction of sp³-hybridized carbons (Fsp3) is 0.323. The highest BCUT2D eigenvalue weighted by Gasteiger charge is 2.21. The molecular weight excluding hydrogens is 478 g/mol. The van der Waals surface area contributed by atoms with Crippen molar-refractivity contribution in [3.05, 3.63) is 71.5 Å². The van der Waals surface area contributed by atoms with E-state index in [2.05, 4.69) is 90.3 Å². The van der Waals surface area contributed by atoms with Gasteiger partial charge in [-0.2, -0.15) is 0 Å². The van der Waals surface area contributed by atoms with Gasteiger partial charge in [-0.25, -0.2) is 4.98 Å². The molecule has 0 radical (unpaired) electrons. The number of nitrogens with zero attached hydrogens (tertiary/aromatic N) is 2. The monoisotopic (exact) mass is 513 g/mol. The molecule has 0 saturated carbocycles. The molecule has 1 aromatic heterocycles. The summed E-state index contributed by atoms with van der Waals surface area (Å²) in [5.41, 5.74) is 4.49. The Morgan fingerprint density at radius 1 is 1.08 bits per heavy atom. The molecule has 3 rings (SSSR count). The van der Waals surface area contributed by atoms with Gasteiger partial charge >= 0.3 is 0 Å². The van der Waals surface area contributed by atoms with Gasteiger partial charge in [0.2, 0.25) is 0 Å². The second-order valence-electron chi connectivity index (χ2n) is 10.00. The number of hydrogen-bond acceptors (Lipinski definition) is 6. The number of hydrogen-bond donors (Lipinski definition) is 2. The standard InChI is InChI=1S/C31H35N3O4/c1-7-38-28-18-25(11-10-21(28)2)24-12-14-26(15-13-24)34(31(4,5)6)16-8-9-23-17-27(36)29(32-20-23)30(37)33-19-22(3)35/h10-15,17-18,20,36H,7,16,19H2,1-6H3,(H,33,37). The van der Waals surface area contributed by atoms with Crippen LogP contribution in [0.4, 0.5) is 5.69 Å². The third-order valence-corrected chi connectivity index (χ3v) is 5.86. The fourth-order valence-electron chi connectivity index (χ4n) is 3.85. The number of nitrogens with one attached hydrogen (secondary N) is 1. The number of amides is 1. The summed E-state index contributed by atoms with van der Waals surface area (Å²) in [5, 5.41) is 12.6. The van der Waals surface area contributed by atoms with Gasteiger partial charge in [-0.3, -0.25) is 9.59 Å². The summed E-state index contributed by atoms with van der Waals surface area (Å²) in [6.45, 7) is 12.7. The van der Waals surface area contributed by atoms with Gasteiger partial charge in [0.15, 0.2) is 5.69 Å². The SMILES string of the molecule is CCOc1cc(-c2ccc(N(CC#Cc3cnc(C(=O)NCC(C)=O)c(O)c3)C(C)(C)C)cc2)ccc1C. The summed E-state index contributed by atoms with van der Waals surface area (Å²) >= 11 is 0. The number of aromatic nitrogens is 1. The van der Waals surface area contributed by atoms with Gasteiger partial charge in [-0.1, -0.05) is 36.1 Å². The molecule has 3 aromatic rings. The van der Waals surface area contributed by atoms with E-state index >= 15 is 0 Å². The number of carbonyl (C=O) groups excluding carboxylic acids is 2. The van der Waals surface area contributed by atoms with Crippen LogP contribution in [0.1, 0.15) is 56.2 Å². The molecule has 198 valence electrons. The Balaban J connectivity index is 1.77. The molecule has 0 aliphatic heterocycles. The Bertz CT molecular complexity index is 1360. The lowest BCUT2D eigenvalue weighted by molar-refractivity contribution is -0.116. The van der Waals surface area contributed by atoms with E-state index in [9.17, 15) is 14.7 Å². The summed E-state index contributed by atoms with van der Waals surface area (Å²) in [7, 11) is 0. The van der Waals surface area contributed by atoms with Gasteiger partial charge in [-0.15, -0.1) is 0 Å². The van der Waals surface area contributed by atoms with Crippen molar-refractivity contribution < 1.29 is 19.4 Å². The third-order valence-electron chi connectivity index (χ3n) is 5.86. The minimum absolute atomic E-state index is 0.121. The Kier molecular flexibility index (Phi) is 9.14. The van der Waals surface area contributed by atoms with Crippen LogP contribution >= 0.6 is 0 Å². The lowest BCUT2D eigenvalue weighted by atomic mass is 10.0. The topological polar surface area (TPSA) is 91.8 Å². The maximum absolute atomic E-state index is 12.1. The van der Waals surface area contributed by atoms with Crippen LogP contribution in [-0.2, 0) is 4.79 Å². The molecule has 1 heterocycles. The molecule has 7 heteroatoms. The van der Waals surface area contributed by atoms with E-state index in [0.29, 0.717) is 18.7 Å². The normalized spacial score (nSPS) is 10.8. The zero-order valence-corrected chi connectivity index (χ0v) is 22.9. The van der Waals surface area contributed by atoms with Gasteiger partial charge in [-0.05, 0) is 82.5 Å². The van der Waals surface area contributed by atoms with Gasteiger partial charge in [0.05, 0.1) is 19.7 Å². The highest BCUT2D eigenvalue weighted by molar-refractivity contribution is 5.97. The first-order valence-electron chi connectivity index (χ1n) is 12.6. The molecule has 0 atom stereocenters. The summed E-state index contributed by atoms with van der Waals surface area (Å²) in [4.78, 5) is 29.4. The first-order chi connectivity index (χ1) is 18.0. The number of rotatable bonds is 8. The van der Waals surface area contributed by atoms with Crippen LogP contribution in [0.2, 0.25) is 0 Å². The van der Waals surface area contributed by atoms with Crippen LogP contribution in [0.3, 0.4) is 0 Å². The number of ether oxygens (including phenoxy) is 1. The zero-order chi connectivity index (χ0) is 27.9. The molecule has 0 unspecified atom stereocenters. The molecule has 38 heavy (non-hydrogen) atoms. The third kappa shape index (κ3) is 7.36. The predicted molar refractivity (Wildman–Crippen MR) is 151 cm³/mol. The molecule has 0 spiro atoms. The molecule has 2 N–H and O–H groups in total. The lowest BCUT2D eigenvalue weighted by Crippen LogP contribution is -2.41. The van der Waals surface area contributed by atoms with Crippen molar-refractivity contribution in [2.45, 2.75) is 47.1 Å². The number of pyridine rings is 1. The maximum Gasteiger partial charge on any atom is 0.274 e. The molecule has 0 aliphatic carbocycles. The largest absolute Gasteiger partial charge is 0.505 e. The summed E-state index contributed by atoms with van der Waals surface area (Å²) in [5.74, 6) is 5.99. The van der Waals surface area contributed by atoms with Crippen LogP contribution < -0.4 is 15.0 Å². The summed E-state index contributed by atoms with van der Waals surface area (Å²) < 4.78 is 5.76. The van der Waals surface area contributed by atoms with Crippen molar-refractivity contribution in [3.8, 4) is 34.5 Å². The highest BCUT2D eigenvalue weighted by Crippen LogP contribution is 2.30. The maximum atomic E-state index is 12.1. The number of anilines is 1. The number of Topliss-reactive ketones (excluding diaryl/α,β-unsaturated/α-hetero) is 1. The number of ketones is 1. The average molecular weight is 514 g/mol. The first kappa shape index (κ1) is 28.3. The molecule has 0 aliphatic rings. The predicted octanol–water partition coefficient (Wildman–Crippen LogP) is 5.14. The fourth-order valence-corrected chi connectivity index (χ4v) is 3.85. The van der Waals surface area contributed by atoms with Crippen molar-refractivity contribution in [1.29, 1.82) is 0 Å². The molecule has 2 aromatic carbocycles. The van der Waals surface area contributed by atoms with Crippen LogP contribution in [0.5, 0.6) is 11.5 Å². The second-order valence-corrected chi connectivity index (χ2v) is 10.00. The summed E-state index contributed by atoms with van der Waals surface area (Å²) in [6, 6.07) is 16.0. The number of aryl methyl sites for hydroxylation is 1. The Labute approximate surface area is 224 Å². The van der Waals surface area contributed by atoms with E-state index in [1.807, 2.05) is 13.8 Å². The van der Waals surface area contributed by atoms with Gasteiger partial charge in [0, 0.05) is 23.0 Å². The summed E-state index contributed by atoms with van der Waals surface area (Å²) in [6.07, 6.45) is 1.43. The van der Waals surface area contributed by atoms with Gasteiger partial charge < -0.3 is 20.1 Å². The van der Waals surface area contributed by atoms with Crippen LogP contribution in [0, 0.1) is 18.8 Å². The molecular formula is C31H35N3O4. The van der Waals surface area contributed by atoms with Crippen LogP contribution in [0.15, 0.2) is 54.7 Å². The molecule has 0 saturated heterocycles. The van der Waals surface area contributed by atoms with E-state index in [1.54, 1.807) is 0 Å². The molecule has 1 amide bonds. The zero-order valence-electron chi connectivity index (χ0n) is 22.9. The number of benzene rings is 2. The Hall–Kier alpha value is -4.31. The number of aromatic hydroxyl groups is 1. The van der Waals surface area contributed by atoms with Crippen LogP contribution in [0.25, 0.3) is 11.1 Å². The number of carbonyl (C=O) groups is 2. The van der Waals surface area contributed by atoms with E-state index in [4.69, 9.17) is 4.74 Å². The van der Waals surface area contributed by atoms with Crippen molar-refractivity contribution in [2.75, 3.05) is 24.6 Å². The van der Waals surface area contributed by atoms with Crippen molar-refractivity contribution in [3.63, 3.8) is 0 Å². The van der Waals surface area contributed by atoms with E-state index in [0.717, 1.165) is 28.1 Å². The van der Waals surface area contributed by atoms with Gasteiger partial charge in [0.25, 0.3) is 5.91 Å². The minimum Gasteiger partial charge on any atom is -0.505 e. The first-order valence-corrected chi connectivity index (χ1v) is 12.6. The second kappa shape index (κ2) is 12.3. The van der Waals surface area contributed by atoms with E-state index < -0.39 is 5.91 Å². The Morgan fingerprint density at radius 3 is 2.37 bits per heavy atom. The minimum atomic E-state index is -0.612. The molecule has 0 fully saturated rings. The molecule has 7 nitrogen and oxygen atoms in total. The van der Waals surface area contributed by atoms with E-state index in [1.165, 1.54) is 19.2 Å². The van der Waals surface area contributed by atoms with Crippen molar-refractivity contribution in [1.82, 2.24) is 10.3 Å². The average Bonchev–Trinajstić information content (AvgIpc) is 2.86. The molecule has 0 bridgehead atoms. The van der Waals surface area contributed by atoms with E-state index in [-0.39, 0.29) is 29.3 Å². The smallest absolute Gasteiger partial charge is 0.274 e. The highest BCUT2D eigenvalue weighted by atomic mass is 16.5.